The molecule has 0 amide bonds. The summed E-state index contributed by atoms with van der Waals surface area (Å²) in [5.74, 6) is 12.2. The maximum atomic E-state index is 9.87. The summed E-state index contributed by atoms with van der Waals surface area (Å²) in [5.41, 5.74) is 7.45. The second-order valence-electron chi connectivity index (χ2n) is 32.0. The molecule has 5 fully saturated rings. The lowest BCUT2D eigenvalue weighted by Gasteiger charge is -2.56. The maximum Gasteiger partial charge on any atom is 0.206 e. The first-order chi connectivity index (χ1) is 55.1. The van der Waals surface area contributed by atoms with Crippen molar-refractivity contribution in [3.8, 4) is 57.5 Å². The highest BCUT2D eigenvalue weighted by atomic mass is 16.7. The minimum Gasteiger partial charge on any atom is -0.504 e. The molecule has 5 aromatic carbocycles. The molecule has 5 aliphatic rings. The Morgan fingerprint density at radius 1 is 0.336 bits per heavy atom. The average molecular weight is 1770 g/mol. The summed E-state index contributed by atoms with van der Waals surface area (Å²) in [6.07, 6.45) is 19.2. The van der Waals surface area contributed by atoms with E-state index >= 15 is 0 Å². The van der Waals surface area contributed by atoms with E-state index in [-0.39, 0.29) is 111 Å². The second kappa shape index (κ2) is 69.7. The molecule has 12 unspecified atom stereocenters. The lowest BCUT2D eigenvalue weighted by Crippen LogP contribution is -2.52. The van der Waals surface area contributed by atoms with E-state index in [0.29, 0.717) is 111 Å². The molecular weight excluding hydrogens is 1570 g/mol. The van der Waals surface area contributed by atoms with Crippen molar-refractivity contribution in [2.45, 2.75) is 429 Å². The summed E-state index contributed by atoms with van der Waals surface area (Å²) >= 11 is 0. The van der Waals surface area contributed by atoms with Crippen LogP contribution in [0.15, 0.2) is 84.9 Å². The third-order valence-corrected chi connectivity index (χ3v) is 22.9. The molecule has 4 bridgehead atoms. The minimum absolute atomic E-state index is 0. The number of methoxy groups -OCH3 is 1. The highest BCUT2D eigenvalue weighted by Gasteiger charge is 2.52. The topological polar surface area (TPSA) is 177 Å². The number of phenols is 1. The van der Waals surface area contributed by atoms with Crippen molar-refractivity contribution in [2.24, 2.45) is 23.7 Å². The van der Waals surface area contributed by atoms with E-state index < -0.39 is 18.9 Å². The van der Waals surface area contributed by atoms with Gasteiger partial charge < -0.3 is 85.6 Å². The van der Waals surface area contributed by atoms with E-state index in [1.807, 2.05) is 126 Å². The normalized spacial score (nSPS) is 18.4. The third kappa shape index (κ3) is 44.8. The van der Waals surface area contributed by atoms with E-state index in [1.54, 1.807) is 19.2 Å². The van der Waals surface area contributed by atoms with E-state index in [1.165, 1.54) is 106 Å². The molecule has 0 saturated heterocycles. The summed E-state index contributed by atoms with van der Waals surface area (Å²) in [6.45, 7) is 53.4. The van der Waals surface area contributed by atoms with Crippen LogP contribution < -0.4 is 42.6 Å². The number of phenolic OH excluding ortho intramolecular Hbond substituents is 1. The number of rotatable bonds is 45. The van der Waals surface area contributed by atoms with Gasteiger partial charge >= 0.3 is 0 Å². The Kier molecular flexibility index (Phi) is 72.3. The molecule has 0 aromatic heterocycles. The summed E-state index contributed by atoms with van der Waals surface area (Å²) in [5, 5.41) is 9.87. The molecule has 18 nitrogen and oxygen atoms in total. The third-order valence-electron chi connectivity index (χ3n) is 22.9. The first kappa shape index (κ1) is 130. The Balaban J connectivity index is -0.000000350. The predicted molar refractivity (Wildman–Crippen MR) is 531 cm³/mol. The molecule has 125 heavy (non-hydrogen) atoms. The monoisotopic (exact) mass is 1770 g/mol. The zero-order chi connectivity index (χ0) is 84.6. The Morgan fingerprint density at radius 2 is 0.648 bits per heavy atom. The second-order valence-corrected chi connectivity index (χ2v) is 32.0. The van der Waals surface area contributed by atoms with Gasteiger partial charge in [-0.25, -0.2) is 0 Å². The summed E-state index contributed by atoms with van der Waals surface area (Å²) in [6, 6.07) is 28.4. The van der Waals surface area contributed by atoms with Crippen molar-refractivity contribution >= 4 is 0 Å². The van der Waals surface area contributed by atoms with Crippen molar-refractivity contribution in [1.29, 1.82) is 0 Å². The standard InChI is InChI=1S/C22H38O6.C22H32O3.C21H34O2.C18H30O4.C14H22O3.10CH4/c1-9-15(5)19-13-20(26-16(6)23-10-2)22(28-18(8)25-12-4)21(14-19)27-17(7)24-11-3;1-4-15(2)19-5-6-20(21(10-19)23-3)24-14-25-22-11-16-7-17(12-22)9-18(8-16)13-22;1-5-16(2)20-11-12-21(17(3)15-20)23-18(4)22-14-13-19-9-7-6-8-10-19;1-7-13(4)16-10-11-17(21-14(5)19-8-2)18(12-16)22-15(6)20-9-3;1-5-10(3)12-7-8-14(13(15)9-12)17-11(4)16-6-2;;;;;;;;;;/h13-18H,9-12H2,1-8H3;5-6,10,15-18H,4,7-9,11-14H2,1-3H3;11-12,15-16,18-19H,5-10,13-14H2,1-4H3;10-15H,7-9H2,1-6H3;7-11,15H,5-6H2,1-4H3;10*1H4. The predicted octanol–water partition coefficient (Wildman–Crippen LogP) is 32.0. The molecule has 5 aliphatic carbocycles. The highest BCUT2D eigenvalue weighted by molar-refractivity contribution is 5.55. The molecule has 0 aliphatic heterocycles. The van der Waals surface area contributed by atoms with Crippen LogP contribution in [0.5, 0.6) is 57.5 Å². The molecule has 18 heteroatoms. The molecule has 0 spiro atoms. The van der Waals surface area contributed by atoms with Crippen LogP contribution in [0.3, 0.4) is 0 Å². The van der Waals surface area contributed by atoms with Crippen LogP contribution in [0, 0.1) is 30.6 Å². The van der Waals surface area contributed by atoms with E-state index in [0.717, 1.165) is 84.3 Å². The SMILES string of the molecule is C.C.C.C.C.C.C.C.C.C.CCC(C)c1ccc(OC(C)OCCC2CCCCC2)c(C)c1.CCC(C)c1ccc(OCOC23CC4CC(CC(C4)C2)C3)c(OC)c1.CCOC(C)Oc1cc(C(C)CC)cc(OC(C)OCC)c1OC(C)OCC.CCOC(C)Oc1ccc(C(C)CC)cc1O.CCOC(C)Oc1ccc(C(C)CC)cc1OC(C)OCC. The van der Waals surface area contributed by atoms with Crippen LogP contribution >= 0.6 is 0 Å². The first-order valence-electron chi connectivity index (χ1n) is 44.3. The molecule has 0 radical (unpaired) electrons. The molecule has 1 N–H and O–H groups in total. The van der Waals surface area contributed by atoms with Gasteiger partial charge in [0.05, 0.1) is 19.3 Å². The molecule has 12 atom stereocenters. The minimum atomic E-state index is -0.450. The zero-order valence-corrected chi connectivity index (χ0v) is 75.9. The lowest BCUT2D eigenvalue weighted by molar-refractivity contribution is -0.190. The van der Waals surface area contributed by atoms with E-state index in [2.05, 4.69) is 113 Å². The Bertz CT molecular complexity index is 3380. The summed E-state index contributed by atoms with van der Waals surface area (Å²) in [7, 11) is 1.71. The number of aromatic hydroxyl groups is 1. The molecule has 5 saturated carbocycles. The van der Waals surface area contributed by atoms with E-state index in [4.69, 9.17) is 80.5 Å². The van der Waals surface area contributed by atoms with Crippen LogP contribution in [-0.2, 0) is 37.9 Å². The fourth-order valence-electron chi connectivity index (χ4n) is 15.7. The van der Waals surface area contributed by atoms with Crippen LogP contribution in [-0.4, -0.2) is 115 Å². The van der Waals surface area contributed by atoms with Crippen molar-refractivity contribution in [2.75, 3.05) is 60.2 Å². The zero-order valence-electron chi connectivity index (χ0n) is 75.9. The van der Waals surface area contributed by atoms with Gasteiger partial charge in [0.15, 0.2) is 96.8 Å². The van der Waals surface area contributed by atoms with Gasteiger partial charge in [0.2, 0.25) is 5.75 Å². The van der Waals surface area contributed by atoms with Gasteiger partial charge in [-0.1, -0.05) is 206 Å². The number of ether oxygens (including phenoxy) is 17. The Labute approximate surface area is 770 Å². The van der Waals surface area contributed by atoms with Crippen molar-refractivity contribution < 1.29 is 85.6 Å². The molecule has 732 valence electrons. The number of aryl methyl sites for hydroxylation is 1. The van der Waals surface area contributed by atoms with Crippen LogP contribution in [0.1, 0.15) is 406 Å². The fraction of sp³-hybridized carbons (Fsp3) is 0.720. The van der Waals surface area contributed by atoms with Gasteiger partial charge in [-0.05, 0) is 315 Å². The van der Waals surface area contributed by atoms with Crippen LogP contribution in [0.25, 0.3) is 0 Å². The summed E-state index contributed by atoms with van der Waals surface area (Å²) in [4.78, 5) is 0. The van der Waals surface area contributed by atoms with Gasteiger partial charge in [0.1, 0.15) is 5.75 Å². The van der Waals surface area contributed by atoms with Gasteiger partial charge in [-0.2, -0.15) is 0 Å². The van der Waals surface area contributed by atoms with Crippen molar-refractivity contribution in [3.05, 3.63) is 118 Å². The van der Waals surface area contributed by atoms with Gasteiger partial charge in [-0.15, -0.1) is 0 Å². The molecule has 0 heterocycles. The molecule has 5 aromatic rings. The quantitative estimate of drug-likeness (QED) is 0.0364. The highest BCUT2D eigenvalue weighted by Crippen LogP contribution is 2.57. The van der Waals surface area contributed by atoms with Gasteiger partial charge in [0.25, 0.3) is 0 Å². The van der Waals surface area contributed by atoms with E-state index in [9.17, 15) is 5.11 Å². The van der Waals surface area contributed by atoms with Crippen LogP contribution in [0.2, 0.25) is 0 Å². The van der Waals surface area contributed by atoms with Crippen LogP contribution in [0.4, 0.5) is 0 Å². The smallest absolute Gasteiger partial charge is 0.206 e. The van der Waals surface area contributed by atoms with Crippen molar-refractivity contribution in [1.82, 2.24) is 0 Å². The first-order valence-corrected chi connectivity index (χ1v) is 44.3. The number of hydrogen-bond acceptors (Lipinski definition) is 18. The van der Waals surface area contributed by atoms with Crippen molar-refractivity contribution in [3.63, 3.8) is 0 Å². The lowest BCUT2D eigenvalue weighted by atomic mass is 9.54. The van der Waals surface area contributed by atoms with Gasteiger partial charge in [-0.3, -0.25) is 0 Å². The maximum absolute atomic E-state index is 9.87. The van der Waals surface area contributed by atoms with Gasteiger partial charge in [0, 0.05) is 39.6 Å². The average Bonchev–Trinajstić information content (AvgIpc) is 0.751. The Morgan fingerprint density at radius 3 is 1.03 bits per heavy atom. The fourth-order valence-corrected chi connectivity index (χ4v) is 15.7. The molecule has 10 rings (SSSR count). The number of hydrogen-bond donors (Lipinski definition) is 1. The molecular formula is C107H196O18. The Hall–Kier alpha value is -6.22. The number of benzene rings is 5. The summed E-state index contributed by atoms with van der Waals surface area (Å²) < 4.78 is 98.0. The largest absolute Gasteiger partial charge is 0.504 e.